The molecule has 0 unspecified atom stereocenters. The van der Waals surface area contributed by atoms with E-state index in [-0.39, 0.29) is 12.6 Å². The fourth-order valence-corrected chi connectivity index (χ4v) is 3.27. The van der Waals surface area contributed by atoms with Gasteiger partial charge in [-0.2, -0.15) is 0 Å². The number of rotatable bonds is 3. The molecule has 4 rings (SSSR count). The lowest BCUT2D eigenvalue weighted by atomic mass is 10.0. The SMILES string of the molecule is Fc1ccc(N(c2ccc3c(c2)OCO3)C2CCNCC2)cc1. The number of halogens is 1. The van der Waals surface area contributed by atoms with Crippen molar-refractivity contribution in [2.24, 2.45) is 0 Å². The number of benzene rings is 2. The van der Waals surface area contributed by atoms with E-state index < -0.39 is 0 Å². The summed E-state index contributed by atoms with van der Waals surface area (Å²) < 4.78 is 24.2. The van der Waals surface area contributed by atoms with E-state index in [0.717, 1.165) is 48.8 Å². The summed E-state index contributed by atoms with van der Waals surface area (Å²) in [7, 11) is 0. The molecule has 2 aliphatic rings. The van der Waals surface area contributed by atoms with Gasteiger partial charge in [-0.05, 0) is 62.3 Å². The molecule has 5 heteroatoms. The number of nitrogens with zero attached hydrogens (tertiary/aromatic N) is 1. The third kappa shape index (κ3) is 2.84. The van der Waals surface area contributed by atoms with Gasteiger partial charge in [-0.15, -0.1) is 0 Å². The highest BCUT2D eigenvalue weighted by Gasteiger charge is 2.25. The first kappa shape index (κ1) is 14.3. The van der Waals surface area contributed by atoms with Gasteiger partial charge in [0, 0.05) is 23.5 Å². The normalized spacial score (nSPS) is 17.3. The molecule has 0 saturated carbocycles. The van der Waals surface area contributed by atoms with E-state index in [9.17, 15) is 4.39 Å². The second kappa shape index (κ2) is 6.08. The molecular formula is C18H19FN2O2. The summed E-state index contributed by atoms with van der Waals surface area (Å²) in [5.41, 5.74) is 2.05. The molecule has 1 N–H and O–H groups in total. The summed E-state index contributed by atoms with van der Waals surface area (Å²) in [6.45, 7) is 2.25. The van der Waals surface area contributed by atoms with Crippen molar-refractivity contribution < 1.29 is 13.9 Å². The van der Waals surface area contributed by atoms with Crippen LogP contribution in [0.5, 0.6) is 11.5 Å². The third-order valence-corrected chi connectivity index (χ3v) is 4.41. The van der Waals surface area contributed by atoms with Gasteiger partial charge in [-0.1, -0.05) is 0 Å². The van der Waals surface area contributed by atoms with Gasteiger partial charge in [0.25, 0.3) is 0 Å². The maximum absolute atomic E-state index is 13.3. The largest absolute Gasteiger partial charge is 0.454 e. The highest BCUT2D eigenvalue weighted by molar-refractivity contribution is 5.67. The summed E-state index contributed by atoms with van der Waals surface area (Å²) in [6, 6.07) is 13.1. The molecule has 0 aromatic heterocycles. The first-order chi connectivity index (χ1) is 11.3. The average Bonchev–Trinajstić information content (AvgIpc) is 3.06. The zero-order chi connectivity index (χ0) is 15.6. The maximum Gasteiger partial charge on any atom is 0.231 e. The minimum atomic E-state index is -0.218. The van der Waals surface area contributed by atoms with Gasteiger partial charge in [0.05, 0.1) is 0 Å². The molecule has 0 aliphatic carbocycles. The van der Waals surface area contributed by atoms with Crippen LogP contribution in [0.4, 0.5) is 15.8 Å². The van der Waals surface area contributed by atoms with Crippen molar-refractivity contribution in [2.45, 2.75) is 18.9 Å². The van der Waals surface area contributed by atoms with E-state index in [1.54, 1.807) is 0 Å². The molecule has 1 fully saturated rings. The van der Waals surface area contributed by atoms with Gasteiger partial charge in [-0.3, -0.25) is 0 Å². The summed E-state index contributed by atoms with van der Waals surface area (Å²) in [5.74, 6) is 1.33. The topological polar surface area (TPSA) is 33.7 Å². The zero-order valence-electron chi connectivity index (χ0n) is 12.8. The Bertz CT molecular complexity index is 684. The lowest BCUT2D eigenvalue weighted by molar-refractivity contribution is 0.174. The van der Waals surface area contributed by atoms with Crippen LogP contribution in [0, 0.1) is 5.82 Å². The Hall–Kier alpha value is -2.27. The first-order valence-corrected chi connectivity index (χ1v) is 7.96. The van der Waals surface area contributed by atoms with E-state index in [1.807, 2.05) is 30.3 Å². The van der Waals surface area contributed by atoms with Gasteiger partial charge < -0.3 is 19.7 Å². The fourth-order valence-electron chi connectivity index (χ4n) is 3.27. The van der Waals surface area contributed by atoms with Crippen LogP contribution in [0.2, 0.25) is 0 Å². The Morgan fingerprint density at radius 3 is 2.39 bits per heavy atom. The Labute approximate surface area is 134 Å². The zero-order valence-corrected chi connectivity index (χ0v) is 12.8. The van der Waals surface area contributed by atoms with E-state index in [1.165, 1.54) is 12.1 Å². The third-order valence-electron chi connectivity index (χ3n) is 4.41. The Kier molecular flexibility index (Phi) is 3.79. The van der Waals surface area contributed by atoms with E-state index in [4.69, 9.17) is 9.47 Å². The van der Waals surface area contributed by atoms with Crippen LogP contribution in [-0.2, 0) is 0 Å². The van der Waals surface area contributed by atoms with Crippen LogP contribution in [0.3, 0.4) is 0 Å². The molecule has 4 nitrogen and oxygen atoms in total. The molecule has 2 aromatic carbocycles. The lowest BCUT2D eigenvalue weighted by Crippen LogP contribution is -2.40. The van der Waals surface area contributed by atoms with Crippen LogP contribution >= 0.6 is 0 Å². The van der Waals surface area contributed by atoms with Crippen LogP contribution in [0.25, 0.3) is 0 Å². The summed E-state index contributed by atoms with van der Waals surface area (Å²) >= 11 is 0. The van der Waals surface area contributed by atoms with Crippen LogP contribution in [0.1, 0.15) is 12.8 Å². The van der Waals surface area contributed by atoms with Crippen LogP contribution in [0.15, 0.2) is 42.5 Å². The quantitative estimate of drug-likeness (QED) is 0.941. The standard InChI is InChI=1S/C18H19FN2O2/c19-13-1-3-14(4-2-13)21(15-7-9-20-10-8-15)16-5-6-17-18(11-16)23-12-22-17/h1-6,11,15,20H,7-10,12H2. The van der Waals surface area contributed by atoms with Crippen LogP contribution < -0.4 is 19.7 Å². The summed E-state index contributed by atoms with van der Waals surface area (Å²) in [4.78, 5) is 2.28. The predicted molar refractivity (Wildman–Crippen MR) is 87.0 cm³/mol. The van der Waals surface area contributed by atoms with Crippen molar-refractivity contribution in [3.05, 3.63) is 48.3 Å². The van der Waals surface area contributed by atoms with Crippen molar-refractivity contribution >= 4 is 11.4 Å². The summed E-state index contributed by atoms with van der Waals surface area (Å²) in [5, 5.41) is 3.39. The Balaban J connectivity index is 1.73. The number of nitrogens with one attached hydrogen (secondary N) is 1. The Morgan fingerprint density at radius 1 is 0.913 bits per heavy atom. The average molecular weight is 314 g/mol. The Morgan fingerprint density at radius 2 is 1.61 bits per heavy atom. The fraction of sp³-hybridized carbons (Fsp3) is 0.333. The monoisotopic (exact) mass is 314 g/mol. The molecule has 120 valence electrons. The number of piperidine rings is 1. The van der Waals surface area contributed by atoms with Crippen molar-refractivity contribution in [3.63, 3.8) is 0 Å². The highest BCUT2D eigenvalue weighted by Crippen LogP contribution is 2.39. The molecule has 0 amide bonds. The van der Waals surface area contributed by atoms with Gasteiger partial charge in [0.15, 0.2) is 11.5 Å². The van der Waals surface area contributed by atoms with Crippen molar-refractivity contribution in [1.29, 1.82) is 0 Å². The second-order valence-corrected chi connectivity index (χ2v) is 5.87. The molecule has 1 saturated heterocycles. The molecule has 0 spiro atoms. The van der Waals surface area contributed by atoms with E-state index >= 15 is 0 Å². The first-order valence-electron chi connectivity index (χ1n) is 7.96. The van der Waals surface area contributed by atoms with Gasteiger partial charge in [0.1, 0.15) is 5.82 Å². The number of anilines is 2. The number of fused-ring (bicyclic) bond motifs is 1. The minimum absolute atomic E-state index is 0.218. The minimum Gasteiger partial charge on any atom is -0.454 e. The number of hydrogen-bond donors (Lipinski definition) is 1. The molecule has 2 aromatic rings. The molecule has 0 bridgehead atoms. The lowest BCUT2D eigenvalue weighted by Gasteiger charge is -2.36. The maximum atomic E-state index is 13.3. The molecule has 2 aliphatic heterocycles. The number of hydrogen-bond acceptors (Lipinski definition) is 4. The van der Waals surface area contributed by atoms with Crippen molar-refractivity contribution in [2.75, 3.05) is 24.8 Å². The van der Waals surface area contributed by atoms with Gasteiger partial charge >= 0.3 is 0 Å². The molecule has 0 radical (unpaired) electrons. The molecule has 23 heavy (non-hydrogen) atoms. The van der Waals surface area contributed by atoms with E-state index in [0.29, 0.717) is 6.04 Å². The van der Waals surface area contributed by atoms with Crippen molar-refractivity contribution in [1.82, 2.24) is 5.32 Å². The van der Waals surface area contributed by atoms with Crippen LogP contribution in [-0.4, -0.2) is 25.9 Å². The molecular weight excluding hydrogens is 295 g/mol. The van der Waals surface area contributed by atoms with E-state index in [2.05, 4.69) is 10.2 Å². The summed E-state index contributed by atoms with van der Waals surface area (Å²) in [6.07, 6.45) is 2.09. The smallest absolute Gasteiger partial charge is 0.231 e. The molecule has 2 heterocycles. The van der Waals surface area contributed by atoms with Gasteiger partial charge in [0.2, 0.25) is 6.79 Å². The molecule has 0 atom stereocenters. The van der Waals surface area contributed by atoms with Gasteiger partial charge in [-0.25, -0.2) is 4.39 Å². The number of ether oxygens (including phenoxy) is 2. The second-order valence-electron chi connectivity index (χ2n) is 5.87. The highest BCUT2D eigenvalue weighted by atomic mass is 19.1. The van der Waals surface area contributed by atoms with Crippen molar-refractivity contribution in [3.8, 4) is 11.5 Å². The predicted octanol–water partition coefficient (Wildman–Crippen LogP) is 3.44.